The van der Waals surface area contributed by atoms with Crippen molar-refractivity contribution in [1.82, 2.24) is 15.2 Å². The Hall–Kier alpha value is -0.840. The van der Waals surface area contributed by atoms with Gasteiger partial charge in [0.15, 0.2) is 0 Å². The highest BCUT2D eigenvalue weighted by Crippen LogP contribution is 2.26. The molecular weight excluding hydrogens is 284 g/mol. The molecule has 21 heavy (non-hydrogen) atoms. The lowest BCUT2D eigenvalue weighted by Crippen LogP contribution is -2.28. The van der Waals surface area contributed by atoms with Gasteiger partial charge in [0.2, 0.25) is 0 Å². The zero-order chi connectivity index (χ0) is 14.8. The highest BCUT2D eigenvalue weighted by atomic mass is 35.5. The minimum atomic E-state index is 0.713. The predicted molar refractivity (Wildman–Crippen MR) is 88.0 cm³/mol. The van der Waals surface area contributed by atoms with Crippen molar-refractivity contribution >= 4 is 17.4 Å². The normalized spacial score (nSPS) is 22.7. The van der Waals surface area contributed by atoms with Crippen LogP contribution in [0.3, 0.4) is 0 Å². The molecule has 2 aliphatic rings. The van der Waals surface area contributed by atoms with Gasteiger partial charge in [0.25, 0.3) is 0 Å². The molecular formula is C16H25ClN4. The number of pyridine rings is 1. The molecule has 4 nitrogen and oxygen atoms in total. The number of anilines is 1. The van der Waals surface area contributed by atoms with E-state index in [1.807, 2.05) is 6.20 Å². The first kappa shape index (κ1) is 15.1. The van der Waals surface area contributed by atoms with Gasteiger partial charge >= 0.3 is 0 Å². The number of nitrogens with zero attached hydrogens (tertiary/aromatic N) is 3. The van der Waals surface area contributed by atoms with Gasteiger partial charge in [0, 0.05) is 38.9 Å². The van der Waals surface area contributed by atoms with Gasteiger partial charge in [0.1, 0.15) is 5.82 Å². The first-order valence-corrected chi connectivity index (χ1v) is 8.27. The first-order valence-electron chi connectivity index (χ1n) is 7.89. The van der Waals surface area contributed by atoms with Gasteiger partial charge in [-0.25, -0.2) is 4.98 Å². The van der Waals surface area contributed by atoms with Gasteiger partial charge in [0.05, 0.1) is 5.02 Å². The quantitative estimate of drug-likeness (QED) is 0.874. The number of rotatable bonds is 6. The second-order valence-corrected chi connectivity index (χ2v) is 7.01. The van der Waals surface area contributed by atoms with Crippen molar-refractivity contribution in [3.05, 3.63) is 22.8 Å². The van der Waals surface area contributed by atoms with E-state index < -0.39 is 0 Å². The predicted octanol–water partition coefficient (Wildman–Crippen LogP) is 2.37. The van der Waals surface area contributed by atoms with Gasteiger partial charge in [-0.1, -0.05) is 11.6 Å². The summed E-state index contributed by atoms with van der Waals surface area (Å²) in [5.41, 5.74) is 1.17. The third-order valence-electron chi connectivity index (χ3n) is 4.43. The minimum absolute atomic E-state index is 0.713. The average molecular weight is 309 g/mol. The van der Waals surface area contributed by atoms with Crippen LogP contribution in [-0.2, 0) is 6.54 Å². The molecule has 1 N–H and O–H groups in total. The lowest BCUT2D eigenvalue weighted by atomic mass is 10.1. The van der Waals surface area contributed by atoms with Crippen molar-refractivity contribution in [1.29, 1.82) is 0 Å². The zero-order valence-corrected chi connectivity index (χ0v) is 13.7. The van der Waals surface area contributed by atoms with Crippen LogP contribution in [0.15, 0.2) is 12.3 Å². The summed E-state index contributed by atoms with van der Waals surface area (Å²) in [4.78, 5) is 9.17. The summed E-state index contributed by atoms with van der Waals surface area (Å²) in [6, 6.07) is 2.77. The molecule has 1 aromatic rings. The van der Waals surface area contributed by atoms with Crippen LogP contribution in [-0.4, -0.2) is 49.7 Å². The molecule has 1 saturated carbocycles. The van der Waals surface area contributed by atoms with E-state index in [1.54, 1.807) is 0 Å². The molecule has 2 heterocycles. The largest absolute Gasteiger partial charge is 0.358 e. The Balaban J connectivity index is 1.58. The van der Waals surface area contributed by atoms with Crippen LogP contribution >= 0.6 is 11.6 Å². The fourth-order valence-electron chi connectivity index (χ4n) is 3.05. The molecule has 1 unspecified atom stereocenters. The standard InChI is InChI=1S/C16H25ClN4/c1-20-6-5-12(10-20)11-21(2)16-15(17)7-13(9-19-16)8-18-14-3-4-14/h7,9,12,14,18H,3-6,8,10-11H2,1-2H3. The fraction of sp³-hybridized carbons (Fsp3) is 0.688. The van der Waals surface area contributed by atoms with E-state index in [0.717, 1.165) is 23.9 Å². The topological polar surface area (TPSA) is 31.4 Å². The average Bonchev–Trinajstić information content (AvgIpc) is 3.19. The maximum absolute atomic E-state index is 6.43. The monoisotopic (exact) mass is 308 g/mol. The van der Waals surface area contributed by atoms with Crippen LogP contribution < -0.4 is 10.2 Å². The molecule has 3 rings (SSSR count). The summed E-state index contributed by atoms with van der Waals surface area (Å²) in [6.07, 6.45) is 5.82. The van der Waals surface area contributed by atoms with Crippen molar-refractivity contribution in [2.75, 3.05) is 38.6 Å². The van der Waals surface area contributed by atoms with E-state index in [-0.39, 0.29) is 0 Å². The van der Waals surface area contributed by atoms with Crippen LogP contribution in [0, 0.1) is 5.92 Å². The Morgan fingerprint density at radius 2 is 2.24 bits per heavy atom. The second kappa shape index (κ2) is 6.51. The molecule has 5 heteroatoms. The Bertz CT molecular complexity index is 489. The lowest BCUT2D eigenvalue weighted by molar-refractivity contribution is 0.395. The molecule has 1 aliphatic carbocycles. The van der Waals surface area contributed by atoms with Crippen LogP contribution in [0.5, 0.6) is 0 Å². The van der Waals surface area contributed by atoms with Crippen molar-refractivity contribution < 1.29 is 0 Å². The van der Waals surface area contributed by atoms with Crippen LogP contribution in [0.2, 0.25) is 5.02 Å². The van der Waals surface area contributed by atoms with Crippen molar-refractivity contribution in [2.24, 2.45) is 5.92 Å². The smallest absolute Gasteiger partial charge is 0.147 e. The number of halogens is 1. The number of hydrogen-bond acceptors (Lipinski definition) is 4. The zero-order valence-electron chi connectivity index (χ0n) is 13.0. The summed E-state index contributed by atoms with van der Waals surface area (Å²) in [6.45, 7) is 4.27. The number of hydrogen-bond donors (Lipinski definition) is 1. The Morgan fingerprint density at radius 1 is 1.43 bits per heavy atom. The summed E-state index contributed by atoms with van der Waals surface area (Å²) >= 11 is 6.43. The number of nitrogens with one attached hydrogen (secondary N) is 1. The van der Waals surface area contributed by atoms with Crippen molar-refractivity contribution in [2.45, 2.75) is 31.8 Å². The Kier molecular flexibility index (Phi) is 4.67. The molecule has 2 fully saturated rings. The van der Waals surface area contributed by atoms with Crippen LogP contribution in [0.4, 0.5) is 5.82 Å². The van der Waals surface area contributed by atoms with E-state index in [2.05, 4.69) is 40.3 Å². The van der Waals surface area contributed by atoms with Crippen molar-refractivity contribution in [3.63, 3.8) is 0 Å². The molecule has 1 aromatic heterocycles. The third kappa shape index (κ3) is 4.09. The molecule has 1 atom stereocenters. The SMILES string of the molecule is CN1CCC(CN(C)c2ncc(CNC3CC3)cc2Cl)C1. The minimum Gasteiger partial charge on any atom is -0.358 e. The molecule has 0 amide bonds. The molecule has 0 spiro atoms. The third-order valence-corrected chi connectivity index (χ3v) is 4.71. The van der Waals surface area contributed by atoms with Crippen LogP contribution in [0.1, 0.15) is 24.8 Å². The van der Waals surface area contributed by atoms with E-state index in [0.29, 0.717) is 12.0 Å². The maximum atomic E-state index is 6.43. The van der Waals surface area contributed by atoms with Gasteiger partial charge in [-0.15, -0.1) is 0 Å². The van der Waals surface area contributed by atoms with Crippen molar-refractivity contribution in [3.8, 4) is 0 Å². The Morgan fingerprint density at radius 3 is 2.86 bits per heavy atom. The summed E-state index contributed by atoms with van der Waals surface area (Å²) in [5, 5.41) is 4.26. The summed E-state index contributed by atoms with van der Waals surface area (Å²) in [5.74, 6) is 1.62. The van der Waals surface area contributed by atoms with E-state index in [1.165, 1.54) is 37.9 Å². The van der Waals surface area contributed by atoms with Gasteiger partial charge in [-0.3, -0.25) is 0 Å². The van der Waals surface area contributed by atoms with Gasteiger partial charge < -0.3 is 15.1 Å². The lowest BCUT2D eigenvalue weighted by Gasteiger charge is -2.23. The molecule has 1 aliphatic heterocycles. The second-order valence-electron chi connectivity index (χ2n) is 6.60. The summed E-state index contributed by atoms with van der Waals surface area (Å²) in [7, 11) is 4.28. The fourth-order valence-corrected chi connectivity index (χ4v) is 3.38. The van der Waals surface area contributed by atoms with Gasteiger partial charge in [-0.2, -0.15) is 0 Å². The highest BCUT2D eigenvalue weighted by Gasteiger charge is 2.22. The number of aromatic nitrogens is 1. The van der Waals surface area contributed by atoms with Gasteiger partial charge in [-0.05, 0) is 50.4 Å². The maximum Gasteiger partial charge on any atom is 0.147 e. The van der Waals surface area contributed by atoms with Crippen LogP contribution in [0.25, 0.3) is 0 Å². The van der Waals surface area contributed by atoms with E-state index in [4.69, 9.17) is 11.6 Å². The Labute approximate surface area is 132 Å². The van der Waals surface area contributed by atoms with E-state index in [9.17, 15) is 0 Å². The molecule has 0 radical (unpaired) electrons. The molecule has 1 saturated heterocycles. The van der Waals surface area contributed by atoms with E-state index >= 15 is 0 Å². The number of likely N-dealkylation sites (tertiary alicyclic amines) is 1. The first-order chi connectivity index (χ1) is 10.1. The molecule has 0 aromatic carbocycles. The molecule has 0 bridgehead atoms. The highest BCUT2D eigenvalue weighted by molar-refractivity contribution is 6.33. The molecule has 116 valence electrons. The summed E-state index contributed by atoms with van der Waals surface area (Å²) < 4.78 is 0.